The minimum atomic E-state index is 0.0161. The molecular weight excluding hydrogens is 276 g/mol. The van der Waals surface area contributed by atoms with Crippen molar-refractivity contribution in [3.63, 3.8) is 0 Å². The number of hydrogen-bond acceptors (Lipinski definition) is 3. The smallest absolute Gasteiger partial charge is 0.253 e. The number of hydrogen-bond donors (Lipinski definition) is 1. The molecule has 22 heavy (non-hydrogen) atoms. The van der Waals surface area contributed by atoms with Gasteiger partial charge in [-0.05, 0) is 51.5 Å². The predicted octanol–water partition coefficient (Wildman–Crippen LogP) is 3.15. The summed E-state index contributed by atoms with van der Waals surface area (Å²) < 4.78 is 5.35. The maximum absolute atomic E-state index is 12.6. The molecule has 0 spiro atoms. The summed E-state index contributed by atoms with van der Waals surface area (Å²) in [6.45, 7) is 5.55. The van der Waals surface area contributed by atoms with Crippen LogP contribution in [0.5, 0.6) is 0 Å². The fraction of sp³-hybridized carbons (Fsp3) is 0.667. The second kappa shape index (κ2) is 6.78. The van der Waals surface area contributed by atoms with Crippen LogP contribution >= 0.6 is 0 Å². The molecule has 3 rings (SSSR count). The van der Waals surface area contributed by atoms with E-state index in [1.54, 1.807) is 0 Å². The predicted molar refractivity (Wildman–Crippen MR) is 87.8 cm³/mol. The average molecular weight is 302 g/mol. The minimum Gasteiger partial charge on any atom is -0.381 e. The lowest BCUT2D eigenvalue weighted by Crippen LogP contribution is -2.39. The first kappa shape index (κ1) is 15.5. The summed E-state index contributed by atoms with van der Waals surface area (Å²) >= 11 is 0. The standard InChI is InChI=1S/C18H26N2O2/c1-12-10-16(18(21)20-15-6-8-22-9-7-15)13(2)19-17(11-12)14-4-3-5-14/h10,14-15H,3-9,11H2,1-2H3,(H,20,21). The van der Waals surface area contributed by atoms with Crippen molar-refractivity contribution in [1.82, 2.24) is 5.32 Å². The van der Waals surface area contributed by atoms with Gasteiger partial charge < -0.3 is 10.1 Å². The van der Waals surface area contributed by atoms with Gasteiger partial charge in [0.15, 0.2) is 0 Å². The summed E-state index contributed by atoms with van der Waals surface area (Å²) in [4.78, 5) is 17.4. The van der Waals surface area contributed by atoms with Crippen molar-refractivity contribution in [2.45, 2.75) is 58.4 Å². The maximum Gasteiger partial charge on any atom is 0.253 e. The third kappa shape index (κ3) is 3.49. The van der Waals surface area contributed by atoms with Gasteiger partial charge in [-0.15, -0.1) is 0 Å². The molecule has 2 fully saturated rings. The van der Waals surface area contributed by atoms with E-state index in [9.17, 15) is 4.79 Å². The van der Waals surface area contributed by atoms with Crippen LogP contribution in [-0.2, 0) is 9.53 Å². The zero-order valence-corrected chi connectivity index (χ0v) is 13.7. The van der Waals surface area contributed by atoms with Crippen molar-refractivity contribution in [2.75, 3.05) is 13.2 Å². The molecule has 1 N–H and O–H groups in total. The summed E-state index contributed by atoms with van der Waals surface area (Å²) in [5.74, 6) is 0.651. The third-order valence-corrected chi connectivity index (χ3v) is 4.93. The molecule has 0 aromatic carbocycles. The molecule has 0 unspecified atom stereocenters. The van der Waals surface area contributed by atoms with Gasteiger partial charge in [0, 0.05) is 37.1 Å². The van der Waals surface area contributed by atoms with Crippen LogP contribution in [0.2, 0.25) is 0 Å². The largest absolute Gasteiger partial charge is 0.381 e. The lowest BCUT2D eigenvalue weighted by Gasteiger charge is -2.27. The molecule has 120 valence electrons. The van der Waals surface area contributed by atoms with E-state index in [0.717, 1.165) is 43.7 Å². The zero-order valence-electron chi connectivity index (χ0n) is 13.7. The molecule has 2 heterocycles. The Labute approximate surface area is 132 Å². The summed E-state index contributed by atoms with van der Waals surface area (Å²) in [6, 6.07) is 0.230. The Bertz CT molecular complexity index is 535. The SMILES string of the molecule is CC1=CC(C(=O)NC2CCOCC2)=C(C)N=C(C2CCC2)C1. The number of carbonyl (C=O) groups is 1. The second-order valence-electron chi connectivity index (χ2n) is 6.76. The summed E-state index contributed by atoms with van der Waals surface area (Å²) in [6.07, 6.45) is 8.56. The number of amides is 1. The van der Waals surface area contributed by atoms with Gasteiger partial charge in [0.1, 0.15) is 0 Å². The highest BCUT2D eigenvalue weighted by molar-refractivity contribution is 5.99. The van der Waals surface area contributed by atoms with E-state index in [1.807, 2.05) is 13.0 Å². The van der Waals surface area contributed by atoms with Crippen molar-refractivity contribution in [3.05, 3.63) is 22.9 Å². The molecule has 3 aliphatic rings. The van der Waals surface area contributed by atoms with Gasteiger partial charge >= 0.3 is 0 Å². The Morgan fingerprint density at radius 1 is 1.23 bits per heavy atom. The van der Waals surface area contributed by atoms with Crippen LogP contribution in [0, 0.1) is 5.92 Å². The van der Waals surface area contributed by atoms with Gasteiger partial charge in [-0.2, -0.15) is 0 Å². The Morgan fingerprint density at radius 2 is 1.95 bits per heavy atom. The first-order valence-corrected chi connectivity index (χ1v) is 8.47. The third-order valence-electron chi connectivity index (χ3n) is 4.93. The van der Waals surface area contributed by atoms with E-state index in [0.29, 0.717) is 5.92 Å². The molecule has 1 saturated carbocycles. The number of ether oxygens (including phenoxy) is 1. The van der Waals surface area contributed by atoms with E-state index in [1.165, 1.54) is 30.5 Å². The molecule has 4 heteroatoms. The molecule has 0 bridgehead atoms. The van der Waals surface area contributed by atoms with E-state index in [-0.39, 0.29) is 11.9 Å². The average Bonchev–Trinajstić information content (AvgIpc) is 2.57. The van der Waals surface area contributed by atoms with Crippen molar-refractivity contribution in [2.24, 2.45) is 10.9 Å². The van der Waals surface area contributed by atoms with Gasteiger partial charge in [0.25, 0.3) is 5.91 Å². The number of allylic oxidation sites excluding steroid dienone is 2. The lowest BCUT2D eigenvalue weighted by molar-refractivity contribution is -0.118. The van der Waals surface area contributed by atoms with Crippen LogP contribution in [0.3, 0.4) is 0 Å². The van der Waals surface area contributed by atoms with Crippen LogP contribution in [-0.4, -0.2) is 30.9 Å². The first-order valence-electron chi connectivity index (χ1n) is 8.47. The number of aliphatic imine (C=N–C) groups is 1. The number of carbonyl (C=O) groups excluding carboxylic acids is 1. The van der Waals surface area contributed by atoms with Crippen LogP contribution in [0.1, 0.15) is 52.4 Å². The topological polar surface area (TPSA) is 50.7 Å². The van der Waals surface area contributed by atoms with E-state index in [4.69, 9.17) is 9.73 Å². The van der Waals surface area contributed by atoms with E-state index >= 15 is 0 Å². The fourth-order valence-corrected chi connectivity index (χ4v) is 3.31. The molecule has 1 saturated heterocycles. The molecular formula is C18H26N2O2. The van der Waals surface area contributed by atoms with Gasteiger partial charge in [-0.3, -0.25) is 9.79 Å². The van der Waals surface area contributed by atoms with Gasteiger partial charge in [0.05, 0.1) is 5.57 Å². The van der Waals surface area contributed by atoms with Crippen LogP contribution < -0.4 is 5.32 Å². The van der Waals surface area contributed by atoms with Crippen molar-refractivity contribution >= 4 is 11.6 Å². The van der Waals surface area contributed by atoms with Crippen LogP contribution in [0.15, 0.2) is 27.9 Å². The van der Waals surface area contributed by atoms with Crippen LogP contribution in [0.4, 0.5) is 0 Å². The molecule has 2 aliphatic heterocycles. The lowest BCUT2D eigenvalue weighted by atomic mass is 9.80. The van der Waals surface area contributed by atoms with Crippen molar-refractivity contribution < 1.29 is 9.53 Å². The molecule has 0 radical (unpaired) electrons. The van der Waals surface area contributed by atoms with Crippen molar-refractivity contribution in [1.29, 1.82) is 0 Å². The normalized spacial score (nSPS) is 24.3. The molecule has 0 aromatic rings. The molecule has 4 nitrogen and oxygen atoms in total. The Balaban J connectivity index is 1.75. The molecule has 0 atom stereocenters. The number of nitrogens with one attached hydrogen (secondary N) is 1. The number of nitrogens with zero attached hydrogens (tertiary/aromatic N) is 1. The summed E-state index contributed by atoms with van der Waals surface area (Å²) in [7, 11) is 0. The first-order chi connectivity index (χ1) is 10.6. The van der Waals surface area contributed by atoms with E-state index < -0.39 is 0 Å². The van der Waals surface area contributed by atoms with Crippen LogP contribution in [0.25, 0.3) is 0 Å². The highest BCUT2D eigenvalue weighted by Crippen LogP contribution is 2.32. The summed E-state index contributed by atoms with van der Waals surface area (Å²) in [5, 5.41) is 3.15. The molecule has 0 aromatic heterocycles. The quantitative estimate of drug-likeness (QED) is 0.870. The minimum absolute atomic E-state index is 0.0161. The van der Waals surface area contributed by atoms with Crippen molar-refractivity contribution in [3.8, 4) is 0 Å². The Kier molecular flexibility index (Phi) is 4.77. The second-order valence-corrected chi connectivity index (χ2v) is 6.76. The molecule has 1 amide bonds. The monoisotopic (exact) mass is 302 g/mol. The molecule has 1 aliphatic carbocycles. The highest BCUT2D eigenvalue weighted by Gasteiger charge is 2.26. The van der Waals surface area contributed by atoms with Gasteiger partial charge in [-0.1, -0.05) is 12.0 Å². The maximum atomic E-state index is 12.6. The van der Waals surface area contributed by atoms with E-state index in [2.05, 4.69) is 12.2 Å². The Hall–Kier alpha value is -1.42. The summed E-state index contributed by atoms with van der Waals surface area (Å²) in [5.41, 5.74) is 4.10. The Morgan fingerprint density at radius 3 is 2.59 bits per heavy atom. The van der Waals surface area contributed by atoms with Gasteiger partial charge in [-0.25, -0.2) is 0 Å². The number of rotatable bonds is 3. The fourth-order valence-electron chi connectivity index (χ4n) is 3.31. The highest BCUT2D eigenvalue weighted by atomic mass is 16.5. The zero-order chi connectivity index (χ0) is 15.5. The van der Waals surface area contributed by atoms with Gasteiger partial charge in [0.2, 0.25) is 0 Å².